The lowest BCUT2D eigenvalue weighted by Crippen LogP contribution is -2.00. The Morgan fingerprint density at radius 3 is 2.29 bits per heavy atom. The molecule has 2 N–H and O–H groups in total. The molecule has 0 unspecified atom stereocenters. The Morgan fingerprint density at radius 2 is 1.54 bits per heavy atom. The number of carbonyl (C=O) groups excluding carboxylic acids is 1. The van der Waals surface area contributed by atoms with Crippen LogP contribution in [-0.2, 0) is 0 Å². The molecule has 4 aromatic rings. The lowest BCUT2D eigenvalue weighted by Gasteiger charge is -2.01. The zero-order valence-corrected chi connectivity index (χ0v) is 12.9. The largest absolute Gasteiger partial charge is 0.326 e. The Kier molecular flexibility index (Phi) is 3.56. The van der Waals surface area contributed by atoms with Crippen molar-refractivity contribution >= 4 is 28.5 Å². The summed E-state index contributed by atoms with van der Waals surface area (Å²) in [4.78, 5) is 20.3. The smallest absolute Gasteiger partial charge is 0.205 e. The number of anilines is 2. The first-order valence-corrected chi connectivity index (χ1v) is 7.71. The van der Waals surface area contributed by atoms with Crippen molar-refractivity contribution in [3.63, 3.8) is 0 Å². The number of fused-ring (bicyclic) bond motifs is 1. The lowest BCUT2D eigenvalue weighted by molar-refractivity contribution is 0.103. The highest BCUT2D eigenvalue weighted by Crippen LogP contribution is 2.20. The summed E-state index contributed by atoms with van der Waals surface area (Å²) in [5.74, 6) is 0.658. The Bertz CT molecular complexity index is 991. The quantitative estimate of drug-likeness (QED) is 0.544. The molecule has 0 amide bonds. The van der Waals surface area contributed by atoms with Crippen molar-refractivity contribution in [2.24, 2.45) is 0 Å². The second kappa shape index (κ2) is 6.01. The third-order valence-corrected chi connectivity index (χ3v) is 3.82. The number of imidazole rings is 1. The van der Waals surface area contributed by atoms with Crippen LogP contribution in [0.4, 0.5) is 11.6 Å². The van der Waals surface area contributed by atoms with Gasteiger partial charge in [-0.25, -0.2) is 4.98 Å². The average molecular weight is 313 g/mol. The van der Waals surface area contributed by atoms with E-state index in [2.05, 4.69) is 15.3 Å². The predicted octanol–water partition coefficient (Wildman–Crippen LogP) is 4.54. The Balaban J connectivity index is 1.65. The molecular formula is C20H15N3O. The summed E-state index contributed by atoms with van der Waals surface area (Å²) in [6, 6.07) is 24.6. The van der Waals surface area contributed by atoms with Crippen LogP contribution < -0.4 is 5.32 Å². The molecule has 116 valence electrons. The van der Waals surface area contributed by atoms with E-state index in [9.17, 15) is 4.79 Å². The van der Waals surface area contributed by atoms with Gasteiger partial charge in [-0.3, -0.25) is 4.79 Å². The van der Waals surface area contributed by atoms with Crippen LogP contribution in [0.15, 0.2) is 78.9 Å². The van der Waals surface area contributed by atoms with Gasteiger partial charge < -0.3 is 10.3 Å². The van der Waals surface area contributed by atoms with E-state index in [0.717, 1.165) is 16.7 Å². The highest BCUT2D eigenvalue weighted by atomic mass is 16.1. The van der Waals surface area contributed by atoms with Gasteiger partial charge in [0.05, 0.1) is 11.0 Å². The Labute approximate surface area is 139 Å². The third-order valence-electron chi connectivity index (χ3n) is 3.82. The molecule has 0 bridgehead atoms. The number of aromatic amines is 1. The van der Waals surface area contributed by atoms with Crippen molar-refractivity contribution in [3.05, 3.63) is 90.0 Å². The topological polar surface area (TPSA) is 57.8 Å². The number of H-pyrrole nitrogens is 1. The molecule has 3 aromatic carbocycles. The number of nitrogens with zero attached hydrogens (tertiary/aromatic N) is 1. The first-order valence-electron chi connectivity index (χ1n) is 7.71. The van der Waals surface area contributed by atoms with Crippen LogP contribution in [0.25, 0.3) is 11.0 Å². The molecule has 0 saturated carbocycles. The van der Waals surface area contributed by atoms with Crippen LogP contribution in [0.2, 0.25) is 0 Å². The molecule has 1 aromatic heterocycles. The average Bonchev–Trinajstić information content (AvgIpc) is 3.04. The molecule has 0 aliphatic rings. The summed E-state index contributed by atoms with van der Waals surface area (Å²) in [6.45, 7) is 0. The summed E-state index contributed by atoms with van der Waals surface area (Å²) >= 11 is 0. The van der Waals surface area contributed by atoms with Crippen molar-refractivity contribution < 1.29 is 4.79 Å². The van der Waals surface area contributed by atoms with E-state index in [-0.39, 0.29) is 5.78 Å². The van der Waals surface area contributed by atoms with E-state index in [0.29, 0.717) is 17.1 Å². The van der Waals surface area contributed by atoms with E-state index in [4.69, 9.17) is 0 Å². The maximum absolute atomic E-state index is 12.5. The van der Waals surface area contributed by atoms with Crippen molar-refractivity contribution in [1.82, 2.24) is 9.97 Å². The predicted molar refractivity (Wildman–Crippen MR) is 95.7 cm³/mol. The second-order valence-corrected chi connectivity index (χ2v) is 5.50. The molecule has 0 radical (unpaired) electrons. The van der Waals surface area contributed by atoms with E-state index < -0.39 is 0 Å². The van der Waals surface area contributed by atoms with Gasteiger partial charge in [0, 0.05) is 16.8 Å². The van der Waals surface area contributed by atoms with E-state index in [1.807, 2.05) is 78.9 Å². The third kappa shape index (κ3) is 2.77. The molecule has 0 atom stereocenters. The van der Waals surface area contributed by atoms with Gasteiger partial charge >= 0.3 is 0 Å². The van der Waals surface area contributed by atoms with Crippen LogP contribution in [0.5, 0.6) is 0 Å². The fourth-order valence-electron chi connectivity index (χ4n) is 2.62. The van der Waals surface area contributed by atoms with Gasteiger partial charge in [-0.15, -0.1) is 0 Å². The number of nitrogens with one attached hydrogen (secondary N) is 2. The maximum atomic E-state index is 12.5. The van der Waals surface area contributed by atoms with E-state index in [1.165, 1.54) is 0 Å². The number of carbonyl (C=O) groups is 1. The molecule has 0 aliphatic heterocycles. The normalized spacial score (nSPS) is 10.7. The first kappa shape index (κ1) is 14.2. The summed E-state index contributed by atoms with van der Waals surface area (Å²) in [5, 5.41) is 3.22. The Morgan fingerprint density at radius 1 is 0.833 bits per heavy atom. The Hall–Kier alpha value is -3.40. The van der Waals surface area contributed by atoms with Crippen LogP contribution in [0.3, 0.4) is 0 Å². The molecule has 4 heteroatoms. The standard InChI is InChI=1S/C20H15N3O/c24-19(14-7-3-1-4-8-14)15-11-12-17-18(13-15)23-20(22-17)21-16-9-5-2-6-10-16/h1-13H,(H2,21,22,23). The fraction of sp³-hybridized carbons (Fsp3) is 0. The molecule has 24 heavy (non-hydrogen) atoms. The van der Waals surface area contributed by atoms with Crippen molar-refractivity contribution in [3.8, 4) is 0 Å². The van der Waals surface area contributed by atoms with E-state index >= 15 is 0 Å². The van der Waals surface area contributed by atoms with Crippen molar-refractivity contribution in [1.29, 1.82) is 0 Å². The zero-order valence-electron chi connectivity index (χ0n) is 12.9. The number of hydrogen-bond donors (Lipinski definition) is 2. The van der Waals surface area contributed by atoms with Gasteiger partial charge in [-0.2, -0.15) is 0 Å². The van der Waals surface area contributed by atoms with Crippen LogP contribution >= 0.6 is 0 Å². The van der Waals surface area contributed by atoms with Crippen LogP contribution in [0.1, 0.15) is 15.9 Å². The van der Waals surface area contributed by atoms with Gasteiger partial charge in [0.2, 0.25) is 5.95 Å². The van der Waals surface area contributed by atoms with Crippen molar-refractivity contribution in [2.45, 2.75) is 0 Å². The number of para-hydroxylation sites is 1. The molecular weight excluding hydrogens is 298 g/mol. The van der Waals surface area contributed by atoms with Gasteiger partial charge in [-0.05, 0) is 30.3 Å². The number of ketones is 1. The zero-order chi connectivity index (χ0) is 16.4. The summed E-state index contributed by atoms with van der Waals surface area (Å²) < 4.78 is 0. The van der Waals surface area contributed by atoms with Crippen molar-refractivity contribution in [2.75, 3.05) is 5.32 Å². The fourth-order valence-corrected chi connectivity index (χ4v) is 2.62. The summed E-state index contributed by atoms with van der Waals surface area (Å²) in [6.07, 6.45) is 0. The van der Waals surface area contributed by atoms with Gasteiger partial charge in [0.15, 0.2) is 5.78 Å². The maximum Gasteiger partial charge on any atom is 0.205 e. The minimum atomic E-state index is 0.00432. The van der Waals surface area contributed by atoms with Gasteiger partial charge in [0.1, 0.15) is 0 Å². The second-order valence-electron chi connectivity index (χ2n) is 5.50. The molecule has 4 nitrogen and oxygen atoms in total. The molecule has 1 heterocycles. The monoisotopic (exact) mass is 313 g/mol. The minimum Gasteiger partial charge on any atom is -0.326 e. The highest BCUT2D eigenvalue weighted by Gasteiger charge is 2.11. The number of aromatic nitrogens is 2. The van der Waals surface area contributed by atoms with Crippen LogP contribution in [0, 0.1) is 0 Å². The molecule has 0 fully saturated rings. The van der Waals surface area contributed by atoms with Gasteiger partial charge in [0.25, 0.3) is 0 Å². The van der Waals surface area contributed by atoms with E-state index in [1.54, 1.807) is 0 Å². The summed E-state index contributed by atoms with van der Waals surface area (Å²) in [5.41, 5.74) is 3.92. The minimum absolute atomic E-state index is 0.00432. The number of hydrogen-bond acceptors (Lipinski definition) is 3. The first-order chi connectivity index (χ1) is 11.8. The SMILES string of the molecule is O=C(c1ccccc1)c1ccc2nc(Nc3ccccc3)[nH]c2c1. The van der Waals surface area contributed by atoms with Crippen LogP contribution in [-0.4, -0.2) is 15.8 Å². The van der Waals surface area contributed by atoms with Gasteiger partial charge in [-0.1, -0.05) is 48.5 Å². The molecule has 4 rings (SSSR count). The lowest BCUT2D eigenvalue weighted by atomic mass is 10.0. The molecule has 0 spiro atoms. The number of rotatable bonds is 4. The molecule has 0 saturated heterocycles. The molecule has 0 aliphatic carbocycles. The summed E-state index contributed by atoms with van der Waals surface area (Å²) in [7, 11) is 0. The number of benzene rings is 3. The highest BCUT2D eigenvalue weighted by molar-refractivity contribution is 6.10.